The van der Waals surface area contributed by atoms with E-state index in [0.717, 1.165) is 23.8 Å². The second kappa shape index (κ2) is 7.28. The van der Waals surface area contributed by atoms with Gasteiger partial charge >= 0.3 is 6.09 Å². The molecule has 1 aromatic rings. The van der Waals surface area contributed by atoms with E-state index >= 15 is 0 Å². The molecule has 0 bridgehead atoms. The van der Waals surface area contributed by atoms with E-state index in [2.05, 4.69) is 10.6 Å². The smallest absolute Gasteiger partial charge is 0.411 e. The van der Waals surface area contributed by atoms with Crippen molar-refractivity contribution < 1.29 is 9.53 Å². The quantitative estimate of drug-likeness (QED) is 0.867. The fraction of sp³-hybridized carbons (Fsp3) is 0.500. The molecular formula is C14H20N2O2S. The fourth-order valence-electron chi connectivity index (χ4n) is 1.96. The summed E-state index contributed by atoms with van der Waals surface area (Å²) in [6.45, 7) is 3.19. The Bertz CT molecular complexity index is 402. The Hall–Kier alpha value is -1.36. The molecule has 1 amide bonds. The molecule has 1 heterocycles. The molecule has 1 aliphatic rings. The summed E-state index contributed by atoms with van der Waals surface area (Å²) < 4.78 is 4.82. The van der Waals surface area contributed by atoms with Gasteiger partial charge in [0.15, 0.2) is 0 Å². The molecule has 1 aromatic carbocycles. The van der Waals surface area contributed by atoms with Gasteiger partial charge in [-0.3, -0.25) is 5.32 Å². The minimum absolute atomic E-state index is 0.380. The number of hydrogen-bond donors (Lipinski definition) is 2. The van der Waals surface area contributed by atoms with Crippen molar-refractivity contribution >= 4 is 29.2 Å². The normalized spacial score (nSPS) is 18.1. The highest BCUT2D eigenvalue weighted by Crippen LogP contribution is 2.24. The Labute approximate surface area is 118 Å². The van der Waals surface area contributed by atoms with Gasteiger partial charge < -0.3 is 10.1 Å². The molecule has 4 nitrogen and oxygen atoms in total. The Morgan fingerprint density at radius 3 is 2.74 bits per heavy atom. The van der Waals surface area contributed by atoms with Crippen LogP contribution in [0.2, 0.25) is 0 Å². The van der Waals surface area contributed by atoms with E-state index in [0.29, 0.717) is 6.61 Å². The second-order valence-corrected chi connectivity index (χ2v) is 5.68. The van der Waals surface area contributed by atoms with Gasteiger partial charge in [0.2, 0.25) is 0 Å². The number of ether oxygens (including phenoxy) is 1. The molecule has 5 heteroatoms. The van der Waals surface area contributed by atoms with Crippen molar-refractivity contribution in [1.82, 2.24) is 0 Å². The molecule has 0 spiro atoms. The molecule has 2 N–H and O–H groups in total. The predicted octanol–water partition coefficient (Wildman–Crippen LogP) is 3.42. The van der Waals surface area contributed by atoms with Gasteiger partial charge in [0.1, 0.15) is 0 Å². The third kappa shape index (κ3) is 4.67. The summed E-state index contributed by atoms with van der Waals surface area (Å²) in [5.74, 6) is 3.33. The first-order valence-corrected chi connectivity index (χ1v) is 7.79. The van der Waals surface area contributed by atoms with Gasteiger partial charge in [-0.1, -0.05) is 0 Å². The van der Waals surface area contributed by atoms with E-state index in [9.17, 15) is 4.79 Å². The molecule has 1 saturated heterocycles. The van der Waals surface area contributed by atoms with Gasteiger partial charge in [0, 0.05) is 17.9 Å². The topological polar surface area (TPSA) is 50.4 Å². The SMILES string of the molecule is CCOC(=O)Nc1ccc(NCC2CCSC2)cc1. The maximum atomic E-state index is 11.2. The van der Waals surface area contributed by atoms with E-state index in [1.807, 2.05) is 36.0 Å². The average Bonchev–Trinajstić information content (AvgIpc) is 2.91. The summed E-state index contributed by atoms with van der Waals surface area (Å²) in [6, 6.07) is 7.71. The average molecular weight is 280 g/mol. The molecule has 19 heavy (non-hydrogen) atoms. The Balaban J connectivity index is 1.78. The van der Waals surface area contributed by atoms with E-state index < -0.39 is 6.09 Å². The van der Waals surface area contributed by atoms with E-state index in [1.54, 1.807) is 6.92 Å². The summed E-state index contributed by atoms with van der Waals surface area (Å²) in [4.78, 5) is 11.2. The summed E-state index contributed by atoms with van der Waals surface area (Å²) >= 11 is 2.03. The van der Waals surface area contributed by atoms with E-state index in [4.69, 9.17) is 4.74 Å². The van der Waals surface area contributed by atoms with Gasteiger partial charge in [-0.15, -0.1) is 0 Å². The van der Waals surface area contributed by atoms with Crippen molar-refractivity contribution in [2.75, 3.05) is 35.3 Å². The minimum Gasteiger partial charge on any atom is -0.450 e. The van der Waals surface area contributed by atoms with E-state index in [1.165, 1.54) is 17.9 Å². The molecule has 0 aliphatic carbocycles. The number of hydrogen-bond acceptors (Lipinski definition) is 4. The highest BCUT2D eigenvalue weighted by Gasteiger charge is 2.14. The molecule has 1 atom stereocenters. The number of thioether (sulfide) groups is 1. The van der Waals surface area contributed by atoms with Crippen LogP contribution in [-0.4, -0.2) is 30.8 Å². The zero-order valence-electron chi connectivity index (χ0n) is 11.1. The van der Waals surface area contributed by atoms with Gasteiger partial charge in [0.25, 0.3) is 0 Å². The van der Waals surface area contributed by atoms with Crippen molar-refractivity contribution in [3.63, 3.8) is 0 Å². The van der Waals surface area contributed by atoms with Crippen LogP contribution in [0.25, 0.3) is 0 Å². The van der Waals surface area contributed by atoms with Crippen LogP contribution in [0, 0.1) is 5.92 Å². The summed E-state index contributed by atoms with van der Waals surface area (Å²) in [5, 5.41) is 6.11. The van der Waals surface area contributed by atoms with Crippen molar-refractivity contribution in [3.8, 4) is 0 Å². The highest BCUT2D eigenvalue weighted by molar-refractivity contribution is 7.99. The molecule has 1 fully saturated rings. The maximum absolute atomic E-state index is 11.2. The number of nitrogens with one attached hydrogen (secondary N) is 2. The van der Waals surface area contributed by atoms with Crippen LogP contribution in [0.4, 0.5) is 16.2 Å². The Kier molecular flexibility index (Phi) is 5.39. The zero-order valence-corrected chi connectivity index (χ0v) is 12.0. The van der Waals surface area contributed by atoms with Crippen molar-refractivity contribution in [3.05, 3.63) is 24.3 Å². The predicted molar refractivity (Wildman–Crippen MR) is 81.0 cm³/mol. The molecule has 0 saturated carbocycles. The lowest BCUT2D eigenvalue weighted by atomic mass is 10.1. The third-order valence-corrected chi connectivity index (χ3v) is 4.26. The monoisotopic (exact) mass is 280 g/mol. The lowest BCUT2D eigenvalue weighted by Gasteiger charge is -2.12. The fourth-order valence-corrected chi connectivity index (χ4v) is 3.25. The molecule has 1 unspecified atom stereocenters. The Morgan fingerprint density at radius 2 is 2.11 bits per heavy atom. The third-order valence-electron chi connectivity index (χ3n) is 3.03. The lowest BCUT2D eigenvalue weighted by Crippen LogP contribution is -2.14. The van der Waals surface area contributed by atoms with Crippen LogP contribution in [0.15, 0.2) is 24.3 Å². The largest absolute Gasteiger partial charge is 0.450 e. The van der Waals surface area contributed by atoms with Crippen LogP contribution in [0.1, 0.15) is 13.3 Å². The van der Waals surface area contributed by atoms with Gasteiger partial charge in [0.05, 0.1) is 6.61 Å². The minimum atomic E-state index is -0.411. The van der Waals surface area contributed by atoms with Crippen LogP contribution < -0.4 is 10.6 Å². The number of rotatable bonds is 5. The van der Waals surface area contributed by atoms with Crippen LogP contribution in [0.3, 0.4) is 0 Å². The first-order valence-electron chi connectivity index (χ1n) is 6.63. The van der Waals surface area contributed by atoms with Crippen LogP contribution in [0.5, 0.6) is 0 Å². The second-order valence-electron chi connectivity index (χ2n) is 4.53. The van der Waals surface area contributed by atoms with Crippen molar-refractivity contribution in [1.29, 1.82) is 0 Å². The maximum Gasteiger partial charge on any atom is 0.411 e. The summed E-state index contributed by atoms with van der Waals surface area (Å²) in [7, 11) is 0. The number of amides is 1. The van der Waals surface area contributed by atoms with E-state index in [-0.39, 0.29) is 0 Å². The molecule has 0 aromatic heterocycles. The van der Waals surface area contributed by atoms with Crippen LogP contribution in [-0.2, 0) is 4.74 Å². The molecule has 104 valence electrons. The number of carbonyl (C=O) groups is 1. The lowest BCUT2D eigenvalue weighted by molar-refractivity contribution is 0.168. The molecule has 0 radical (unpaired) electrons. The Morgan fingerprint density at radius 1 is 1.37 bits per heavy atom. The summed E-state index contributed by atoms with van der Waals surface area (Å²) in [5.41, 5.74) is 1.84. The molecular weight excluding hydrogens is 260 g/mol. The first kappa shape index (κ1) is 14.1. The molecule has 2 rings (SSSR count). The van der Waals surface area contributed by atoms with Crippen molar-refractivity contribution in [2.45, 2.75) is 13.3 Å². The summed E-state index contributed by atoms with van der Waals surface area (Å²) in [6.07, 6.45) is 0.895. The van der Waals surface area contributed by atoms with Crippen LogP contribution >= 0.6 is 11.8 Å². The zero-order chi connectivity index (χ0) is 13.5. The molecule has 1 aliphatic heterocycles. The first-order chi connectivity index (χ1) is 9.28. The van der Waals surface area contributed by atoms with Crippen molar-refractivity contribution in [2.24, 2.45) is 5.92 Å². The highest BCUT2D eigenvalue weighted by atomic mass is 32.2. The number of benzene rings is 1. The van der Waals surface area contributed by atoms with Gasteiger partial charge in [-0.25, -0.2) is 4.79 Å². The van der Waals surface area contributed by atoms with Gasteiger partial charge in [-0.2, -0.15) is 11.8 Å². The number of anilines is 2. The standard InChI is InChI=1S/C14H20N2O2S/c1-2-18-14(17)16-13-5-3-12(4-6-13)15-9-11-7-8-19-10-11/h3-6,11,15H,2,7-10H2,1H3,(H,16,17). The number of carbonyl (C=O) groups excluding carboxylic acids is 1. The van der Waals surface area contributed by atoms with Gasteiger partial charge in [-0.05, 0) is 55.0 Å².